The number of likely N-dealkylation sites (tertiary alicyclic amines) is 1. The van der Waals surface area contributed by atoms with Gasteiger partial charge in [0, 0.05) is 32.2 Å². The van der Waals surface area contributed by atoms with Gasteiger partial charge < -0.3 is 14.4 Å². The van der Waals surface area contributed by atoms with Gasteiger partial charge in [0.2, 0.25) is 0 Å². The highest BCUT2D eigenvalue weighted by molar-refractivity contribution is 5.70. The predicted molar refractivity (Wildman–Crippen MR) is 246 cm³/mol. The van der Waals surface area contributed by atoms with Crippen molar-refractivity contribution >= 4 is 11.9 Å². The minimum Gasteiger partial charge on any atom is -0.466 e. The van der Waals surface area contributed by atoms with Gasteiger partial charge in [-0.25, -0.2) is 0 Å². The molecular formula is C51H92N2O4. The largest absolute Gasteiger partial charge is 0.466 e. The van der Waals surface area contributed by atoms with Crippen molar-refractivity contribution < 1.29 is 19.1 Å². The third-order valence-corrected chi connectivity index (χ3v) is 11.4. The maximum Gasteiger partial charge on any atom is 0.307 e. The number of esters is 2. The zero-order valence-corrected chi connectivity index (χ0v) is 37.9. The van der Waals surface area contributed by atoms with Gasteiger partial charge in [-0.1, -0.05) is 153 Å². The number of allylic oxidation sites excluding steroid dienone is 8. The normalized spacial score (nSPS) is 15.3. The standard InChI is InChI=1S/C51H92N2O4/c1-4-7-9-11-13-15-17-19-21-23-25-27-29-31-33-37-47-56-50(54)40-43-52(45-46-53-42-36-35-39-49(53)6-3)44-41-51(55)57-48-38-34-32-30-28-26-24-22-20-18-16-14-12-10-8-5-2/h13-16,19-22,49H,4-12,17-18,23-48H2,1-3H3/b15-13-,16-14-,21-19-,22-20-. The van der Waals surface area contributed by atoms with Crippen LogP contribution in [0.15, 0.2) is 48.6 Å². The number of nitrogens with zero attached hydrogens (tertiary/aromatic N) is 2. The number of hydrogen-bond donors (Lipinski definition) is 0. The minimum absolute atomic E-state index is 0.119. The fourth-order valence-corrected chi connectivity index (χ4v) is 7.62. The summed E-state index contributed by atoms with van der Waals surface area (Å²) in [5.74, 6) is -0.237. The summed E-state index contributed by atoms with van der Waals surface area (Å²) in [6.07, 6.45) is 53.2. The van der Waals surface area contributed by atoms with Gasteiger partial charge in [-0.2, -0.15) is 0 Å². The van der Waals surface area contributed by atoms with E-state index < -0.39 is 0 Å². The molecular weight excluding hydrogens is 705 g/mol. The highest BCUT2D eigenvalue weighted by Gasteiger charge is 2.21. The van der Waals surface area contributed by atoms with E-state index in [0.29, 0.717) is 45.2 Å². The maximum atomic E-state index is 12.7. The smallest absolute Gasteiger partial charge is 0.307 e. The van der Waals surface area contributed by atoms with Crippen molar-refractivity contribution in [2.75, 3.05) is 45.9 Å². The van der Waals surface area contributed by atoms with Crippen LogP contribution in [0.2, 0.25) is 0 Å². The lowest BCUT2D eigenvalue weighted by atomic mass is 10.0. The van der Waals surface area contributed by atoms with E-state index in [-0.39, 0.29) is 11.9 Å². The molecule has 1 aliphatic heterocycles. The van der Waals surface area contributed by atoms with Gasteiger partial charge in [0.1, 0.15) is 0 Å². The third-order valence-electron chi connectivity index (χ3n) is 11.4. The summed E-state index contributed by atoms with van der Waals surface area (Å²) in [6.45, 7) is 12.1. The number of hydrogen-bond acceptors (Lipinski definition) is 6. The molecule has 0 aromatic rings. The first-order valence-corrected chi connectivity index (χ1v) is 24.5. The Balaban J connectivity index is 2.19. The lowest BCUT2D eigenvalue weighted by molar-refractivity contribution is -0.144. The second-order valence-electron chi connectivity index (χ2n) is 16.5. The Kier molecular flexibility index (Phi) is 38.9. The Hall–Kier alpha value is -2.18. The summed E-state index contributed by atoms with van der Waals surface area (Å²) in [5.41, 5.74) is 0. The van der Waals surface area contributed by atoms with Crippen molar-refractivity contribution in [3.05, 3.63) is 48.6 Å². The molecule has 57 heavy (non-hydrogen) atoms. The van der Waals surface area contributed by atoms with Crippen molar-refractivity contribution in [3.8, 4) is 0 Å². The fourth-order valence-electron chi connectivity index (χ4n) is 7.62. The molecule has 330 valence electrons. The van der Waals surface area contributed by atoms with Gasteiger partial charge in [-0.15, -0.1) is 0 Å². The van der Waals surface area contributed by atoms with E-state index >= 15 is 0 Å². The molecule has 1 heterocycles. The Morgan fingerprint density at radius 2 is 0.947 bits per heavy atom. The zero-order chi connectivity index (χ0) is 41.1. The Bertz CT molecular complexity index is 955. The van der Waals surface area contributed by atoms with Crippen LogP contribution in [-0.4, -0.2) is 73.7 Å². The van der Waals surface area contributed by atoms with Crippen molar-refractivity contribution in [2.45, 2.75) is 219 Å². The van der Waals surface area contributed by atoms with Crippen molar-refractivity contribution in [2.24, 2.45) is 0 Å². The van der Waals surface area contributed by atoms with Gasteiger partial charge >= 0.3 is 11.9 Å². The van der Waals surface area contributed by atoms with Gasteiger partial charge in [0.05, 0.1) is 26.1 Å². The average Bonchev–Trinajstić information content (AvgIpc) is 3.22. The van der Waals surface area contributed by atoms with E-state index in [0.717, 1.165) is 58.2 Å². The molecule has 0 radical (unpaired) electrons. The first-order valence-electron chi connectivity index (χ1n) is 24.5. The van der Waals surface area contributed by atoms with Crippen LogP contribution < -0.4 is 0 Å². The summed E-state index contributed by atoms with van der Waals surface area (Å²) in [5, 5.41) is 0. The second kappa shape index (κ2) is 42.0. The monoisotopic (exact) mass is 797 g/mol. The van der Waals surface area contributed by atoms with Gasteiger partial charge in [-0.3, -0.25) is 14.5 Å². The van der Waals surface area contributed by atoms with E-state index in [1.54, 1.807) is 0 Å². The number of piperidine rings is 1. The number of carbonyl (C=O) groups is 2. The van der Waals surface area contributed by atoms with Gasteiger partial charge in [0.25, 0.3) is 0 Å². The van der Waals surface area contributed by atoms with Crippen molar-refractivity contribution in [3.63, 3.8) is 0 Å². The summed E-state index contributed by atoms with van der Waals surface area (Å²) in [4.78, 5) is 30.2. The maximum absolute atomic E-state index is 12.7. The van der Waals surface area contributed by atoms with E-state index in [2.05, 4.69) is 79.2 Å². The van der Waals surface area contributed by atoms with Crippen LogP contribution in [0.25, 0.3) is 0 Å². The number of carbonyl (C=O) groups excluding carboxylic acids is 2. The Morgan fingerprint density at radius 3 is 1.39 bits per heavy atom. The van der Waals surface area contributed by atoms with E-state index in [4.69, 9.17) is 9.47 Å². The quantitative estimate of drug-likeness (QED) is 0.0350. The van der Waals surface area contributed by atoms with E-state index in [1.165, 1.54) is 141 Å². The average molecular weight is 797 g/mol. The molecule has 0 saturated carbocycles. The summed E-state index contributed by atoms with van der Waals surface area (Å²) < 4.78 is 11.2. The van der Waals surface area contributed by atoms with E-state index in [9.17, 15) is 9.59 Å². The number of ether oxygens (including phenoxy) is 2. The molecule has 0 aromatic heterocycles. The molecule has 1 aliphatic rings. The summed E-state index contributed by atoms with van der Waals surface area (Å²) in [7, 11) is 0. The van der Waals surface area contributed by atoms with Crippen LogP contribution in [0.1, 0.15) is 213 Å². The number of unbranched alkanes of at least 4 members (excludes halogenated alkanes) is 18. The van der Waals surface area contributed by atoms with Crippen LogP contribution in [0.4, 0.5) is 0 Å². The number of rotatable bonds is 40. The molecule has 6 nitrogen and oxygen atoms in total. The lowest BCUT2D eigenvalue weighted by Gasteiger charge is -2.36. The Morgan fingerprint density at radius 1 is 0.526 bits per heavy atom. The summed E-state index contributed by atoms with van der Waals surface area (Å²) in [6, 6.07) is 0.652. The molecule has 0 bridgehead atoms. The highest BCUT2D eigenvalue weighted by atomic mass is 16.5. The molecule has 0 spiro atoms. The molecule has 6 heteroatoms. The topological polar surface area (TPSA) is 59.1 Å². The van der Waals surface area contributed by atoms with Crippen LogP contribution in [0, 0.1) is 0 Å². The molecule has 0 amide bonds. The minimum atomic E-state index is -0.119. The Labute approximate surface area is 353 Å². The third kappa shape index (κ3) is 35.5. The highest BCUT2D eigenvalue weighted by Crippen LogP contribution is 2.19. The first-order chi connectivity index (χ1) is 28.1. The molecule has 1 rings (SSSR count). The molecule has 1 saturated heterocycles. The molecule has 1 atom stereocenters. The van der Waals surface area contributed by atoms with E-state index in [1.807, 2.05) is 0 Å². The van der Waals surface area contributed by atoms with Crippen LogP contribution in [0.5, 0.6) is 0 Å². The van der Waals surface area contributed by atoms with Crippen LogP contribution in [0.3, 0.4) is 0 Å². The molecule has 0 aliphatic carbocycles. The molecule has 0 aromatic carbocycles. The zero-order valence-electron chi connectivity index (χ0n) is 37.9. The van der Waals surface area contributed by atoms with Crippen molar-refractivity contribution in [1.82, 2.24) is 9.80 Å². The lowest BCUT2D eigenvalue weighted by Crippen LogP contribution is -2.44. The summed E-state index contributed by atoms with van der Waals surface area (Å²) >= 11 is 0. The fraction of sp³-hybridized carbons (Fsp3) is 0.804. The molecule has 1 fully saturated rings. The molecule has 0 N–H and O–H groups in total. The first kappa shape index (κ1) is 52.8. The second-order valence-corrected chi connectivity index (χ2v) is 16.5. The predicted octanol–water partition coefficient (Wildman–Crippen LogP) is 14.0. The molecule has 1 unspecified atom stereocenters. The van der Waals surface area contributed by atoms with Crippen LogP contribution >= 0.6 is 0 Å². The van der Waals surface area contributed by atoms with Crippen molar-refractivity contribution in [1.29, 1.82) is 0 Å². The van der Waals surface area contributed by atoms with Gasteiger partial charge in [-0.05, 0) is 103 Å². The van der Waals surface area contributed by atoms with Crippen LogP contribution in [-0.2, 0) is 19.1 Å². The SMILES string of the molecule is CCCCC/C=C\C/C=C\CCCCCCCCOC(=O)CCN(CCC(=O)OCCCCCCCC/C=C\C/C=C\CCCCC)CCN1CCCCC1CC. The van der Waals surface area contributed by atoms with Gasteiger partial charge in [0.15, 0.2) is 0 Å².